The summed E-state index contributed by atoms with van der Waals surface area (Å²) in [4.78, 5) is 8.66. The van der Waals surface area contributed by atoms with Gasteiger partial charge in [-0.2, -0.15) is 4.36 Å². The Morgan fingerprint density at radius 2 is 2.00 bits per heavy atom. The molecule has 1 aromatic heterocycles. The first-order valence-electron chi connectivity index (χ1n) is 8.99. The third-order valence-electron chi connectivity index (χ3n) is 4.84. The Hall–Kier alpha value is -2.74. The van der Waals surface area contributed by atoms with Gasteiger partial charge in [0.05, 0.1) is 39.1 Å². The van der Waals surface area contributed by atoms with Crippen LogP contribution >= 0.6 is 0 Å². The van der Waals surface area contributed by atoms with Gasteiger partial charge < -0.3 is 9.84 Å². The number of ether oxygens (including phenoxy) is 1. The second kappa shape index (κ2) is 7.35. The summed E-state index contributed by atoms with van der Waals surface area (Å²) in [6.45, 7) is 0. The van der Waals surface area contributed by atoms with Gasteiger partial charge in [0.2, 0.25) is 0 Å². The summed E-state index contributed by atoms with van der Waals surface area (Å²) < 4.78 is 36.1. The maximum absolute atomic E-state index is 13.3. The molecule has 28 heavy (non-hydrogen) atoms. The van der Waals surface area contributed by atoms with Gasteiger partial charge >= 0.3 is 0 Å². The Labute approximate surface area is 162 Å². The summed E-state index contributed by atoms with van der Waals surface area (Å²) >= 11 is 0. The standard InChI is InChI=1S/C20H20FN3O3S/c1-27-19-11-15(24-28(26)6-2-3-7-28)10-17-20(19)16(22-12-23-17)8-13-4-5-14(21)9-18(13)25/h4-5,9-12,25H,2-3,6-8H2,1H3. The van der Waals surface area contributed by atoms with Crippen LogP contribution < -0.4 is 4.74 Å². The van der Waals surface area contributed by atoms with E-state index in [0.29, 0.717) is 45.1 Å². The molecule has 0 spiro atoms. The van der Waals surface area contributed by atoms with Gasteiger partial charge in [0.1, 0.15) is 23.6 Å². The van der Waals surface area contributed by atoms with E-state index >= 15 is 0 Å². The van der Waals surface area contributed by atoms with Crippen LogP contribution in [0.5, 0.6) is 11.5 Å². The number of phenolic OH excluding ortho intramolecular Hbond substituents is 1. The van der Waals surface area contributed by atoms with Gasteiger partial charge in [0.25, 0.3) is 0 Å². The molecule has 0 unspecified atom stereocenters. The smallest absolute Gasteiger partial charge is 0.132 e. The topological polar surface area (TPSA) is 84.7 Å². The van der Waals surface area contributed by atoms with Crippen LogP contribution in [0.3, 0.4) is 0 Å². The molecule has 2 aromatic carbocycles. The van der Waals surface area contributed by atoms with E-state index in [1.807, 2.05) is 0 Å². The number of halogens is 1. The molecular weight excluding hydrogens is 381 g/mol. The summed E-state index contributed by atoms with van der Waals surface area (Å²) in [5, 5.41) is 10.7. The van der Waals surface area contributed by atoms with Crippen molar-refractivity contribution in [3.8, 4) is 11.5 Å². The number of aromatic nitrogens is 2. The van der Waals surface area contributed by atoms with Gasteiger partial charge in [-0.1, -0.05) is 6.07 Å². The van der Waals surface area contributed by atoms with Gasteiger partial charge in [-0.05, 0) is 25.0 Å². The maximum Gasteiger partial charge on any atom is 0.132 e. The average Bonchev–Trinajstić information content (AvgIpc) is 3.09. The van der Waals surface area contributed by atoms with E-state index in [4.69, 9.17) is 4.74 Å². The van der Waals surface area contributed by atoms with Crippen LogP contribution in [-0.2, 0) is 16.1 Å². The van der Waals surface area contributed by atoms with Crippen LogP contribution in [0, 0.1) is 5.82 Å². The number of hydrogen-bond acceptors (Lipinski definition) is 6. The zero-order valence-corrected chi connectivity index (χ0v) is 16.2. The molecule has 0 atom stereocenters. The van der Waals surface area contributed by atoms with E-state index in [-0.39, 0.29) is 12.2 Å². The second-order valence-electron chi connectivity index (χ2n) is 6.79. The molecule has 3 aromatic rings. The van der Waals surface area contributed by atoms with E-state index < -0.39 is 15.5 Å². The molecule has 0 bridgehead atoms. The molecule has 1 aliphatic rings. The monoisotopic (exact) mass is 401 g/mol. The Bertz CT molecular complexity index is 1160. The van der Waals surface area contributed by atoms with Gasteiger partial charge in [-0.15, -0.1) is 0 Å². The van der Waals surface area contributed by atoms with Crippen LogP contribution in [0.15, 0.2) is 41.0 Å². The van der Waals surface area contributed by atoms with Crippen molar-refractivity contribution in [2.24, 2.45) is 4.36 Å². The summed E-state index contributed by atoms with van der Waals surface area (Å²) in [6, 6.07) is 7.42. The van der Waals surface area contributed by atoms with Crippen molar-refractivity contribution < 1.29 is 18.4 Å². The minimum atomic E-state index is -2.21. The van der Waals surface area contributed by atoms with Crippen molar-refractivity contribution in [3.05, 3.63) is 53.7 Å². The Balaban J connectivity index is 1.82. The highest BCUT2D eigenvalue weighted by Crippen LogP contribution is 2.34. The highest BCUT2D eigenvalue weighted by atomic mass is 32.2. The van der Waals surface area contributed by atoms with Crippen LogP contribution in [0.1, 0.15) is 24.1 Å². The van der Waals surface area contributed by atoms with E-state index in [1.165, 1.54) is 18.5 Å². The SMILES string of the molecule is COc1cc(N=S2(=O)CCCC2)cc2ncnc(Cc3ccc(F)cc3O)c12. The molecule has 1 N–H and O–H groups in total. The molecule has 0 aliphatic carbocycles. The first-order chi connectivity index (χ1) is 13.5. The number of aromatic hydroxyl groups is 1. The van der Waals surface area contributed by atoms with Crippen molar-refractivity contribution in [1.82, 2.24) is 9.97 Å². The summed E-state index contributed by atoms with van der Waals surface area (Å²) in [5.74, 6) is 1.13. The number of benzene rings is 2. The molecule has 1 fully saturated rings. The molecule has 2 heterocycles. The third kappa shape index (κ3) is 3.64. The fraction of sp³-hybridized carbons (Fsp3) is 0.300. The zero-order valence-electron chi connectivity index (χ0n) is 15.4. The normalized spacial score (nSPS) is 15.6. The van der Waals surface area contributed by atoms with E-state index in [1.54, 1.807) is 19.2 Å². The van der Waals surface area contributed by atoms with E-state index in [9.17, 15) is 13.7 Å². The van der Waals surface area contributed by atoms with E-state index in [0.717, 1.165) is 18.9 Å². The van der Waals surface area contributed by atoms with Gasteiger partial charge in [-0.3, -0.25) is 0 Å². The lowest BCUT2D eigenvalue weighted by molar-refractivity contribution is 0.419. The Kier molecular flexibility index (Phi) is 4.89. The summed E-state index contributed by atoms with van der Waals surface area (Å²) in [6.07, 6.45) is 3.58. The first kappa shape index (κ1) is 18.6. The summed E-state index contributed by atoms with van der Waals surface area (Å²) in [7, 11) is -0.670. The van der Waals surface area contributed by atoms with Crippen LogP contribution in [0.2, 0.25) is 0 Å². The largest absolute Gasteiger partial charge is 0.508 e. The van der Waals surface area contributed by atoms with Gasteiger partial charge in [0, 0.05) is 35.6 Å². The highest BCUT2D eigenvalue weighted by Gasteiger charge is 2.18. The second-order valence-corrected chi connectivity index (χ2v) is 9.34. The lowest BCUT2D eigenvalue weighted by Crippen LogP contribution is -2.01. The average molecular weight is 401 g/mol. The number of hydrogen-bond donors (Lipinski definition) is 1. The van der Waals surface area contributed by atoms with Gasteiger partial charge in [0.15, 0.2) is 0 Å². The molecular formula is C20H20FN3O3S. The molecule has 6 nitrogen and oxygen atoms in total. The van der Waals surface area contributed by atoms with Crippen LogP contribution in [-0.4, -0.2) is 37.9 Å². The van der Waals surface area contributed by atoms with Crippen LogP contribution in [0.25, 0.3) is 10.9 Å². The first-order valence-corrected chi connectivity index (χ1v) is 10.8. The van der Waals surface area contributed by atoms with Crippen molar-refractivity contribution >= 4 is 26.3 Å². The molecule has 0 amide bonds. The van der Waals surface area contributed by atoms with E-state index in [2.05, 4.69) is 14.3 Å². The minimum Gasteiger partial charge on any atom is -0.508 e. The summed E-state index contributed by atoms with van der Waals surface area (Å²) in [5.41, 5.74) is 2.38. The van der Waals surface area contributed by atoms with Crippen molar-refractivity contribution in [3.63, 3.8) is 0 Å². The van der Waals surface area contributed by atoms with Crippen molar-refractivity contribution in [1.29, 1.82) is 0 Å². The number of rotatable bonds is 4. The molecule has 1 aliphatic heterocycles. The minimum absolute atomic E-state index is 0.129. The molecule has 0 saturated carbocycles. The number of methoxy groups -OCH3 is 1. The number of fused-ring (bicyclic) bond motifs is 1. The Morgan fingerprint density at radius 3 is 2.71 bits per heavy atom. The van der Waals surface area contributed by atoms with Gasteiger partial charge in [-0.25, -0.2) is 18.6 Å². The quantitative estimate of drug-likeness (QED) is 0.715. The lowest BCUT2D eigenvalue weighted by Gasteiger charge is -2.12. The maximum atomic E-state index is 13.3. The fourth-order valence-electron chi connectivity index (χ4n) is 3.46. The molecule has 1 saturated heterocycles. The molecule has 0 radical (unpaired) electrons. The highest BCUT2D eigenvalue weighted by molar-refractivity contribution is 7.93. The number of phenols is 1. The van der Waals surface area contributed by atoms with Crippen molar-refractivity contribution in [2.45, 2.75) is 19.3 Å². The van der Waals surface area contributed by atoms with Crippen LogP contribution in [0.4, 0.5) is 10.1 Å². The number of nitrogens with zero attached hydrogens (tertiary/aromatic N) is 3. The molecule has 8 heteroatoms. The van der Waals surface area contributed by atoms with Crippen molar-refractivity contribution in [2.75, 3.05) is 18.6 Å². The predicted octanol–water partition coefficient (Wildman–Crippen LogP) is 3.97. The lowest BCUT2D eigenvalue weighted by atomic mass is 10.0. The fourth-order valence-corrected chi connectivity index (χ4v) is 5.65. The Morgan fingerprint density at radius 1 is 1.21 bits per heavy atom. The molecule has 4 rings (SSSR count). The predicted molar refractivity (Wildman–Crippen MR) is 106 cm³/mol. The zero-order chi connectivity index (χ0) is 19.7. The molecule has 146 valence electrons. The third-order valence-corrected chi connectivity index (χ3v) is 7.24.